The lowest BCUT2D eigenvalue weighted by Gasteiger charge is -2.18. The Hall–Kier alpha value is -1.97. The highest BCUT2D eigenvalue weighted by atomic mass is 32.1. The van der Waals surface area contributed by atoms with Crippen LogP contribution in [-0.2, 0) is 0 Å². The minimum Gasteiger partial charge on any atom is -0.256 e. The van der Waals surface area contributed by atoms with Gasteiger partial charge in [-0.2, -0.15) is 0 Å². The van der Waals surface area contributed by atoms with Gasteiger partial charge in [0.05, 0.1) is 13.8 Å². The summed E-state index contributed by atoms with van der Waals surface area (Å²) in [4.78, 5) is 4.82. The maximum atomic E-state index is 4.82. The molecule has 26 heavy (non-hydrogen) atoms. The van der Waals surface area contributed by atoms with Gasteiger partial charge in [-0.3, -0.25) is 4.98 Å². The van der Waals surface area contributed by atoms with E-state index < -0.39 is 8.07 Å². The highest BCUT2D eigenvalue weighted by Crippen LogP contribution is 2.42. The number of thiophene rings is 1. The van der Waals surface area contributed by atoms with Gasteiger partial charge >= 0.3 is 0 Å². The summed E-state index contributed by atoms with van der Waals surface area (Å²) < 4.78 is 2.78. The first-order valence-corrected chi connectivity index (χ1v) is 13.7. The quantitative estimate of drug-likeness (QED) is 0.372. The zero-order valence-electron chi connectivity index (χ0n) is 15.5. The maximum Gasteiger partial charge on any atom is 0.0784 e. The molecule has 0 atom stereocenters. The van der Waals surface area contributed by atoms with Crippen molar-refractivity contribution in [2.24, 2.45) is 0 Å². The Labute approximate surface area is 159 Å². The molecule has 1 aliphatic carbocycles. The van der Waals surface area contributed by atoms with Gasteiger partial charge in [-0.05, 0) is 41.8 Å². The third-order valence-electron chi connectivity index (χ3n) is 5.44. The SMILES string of the molecule is C[Si](C)(C)c1cccc2sc3c(-c4ccc(C5CC5)cn4)cccc3c12. The van der Waals surface area contributed by atoms with E-state index in [1.807, 2.05) is 11.3 Å². The molecule has 2 heterocycles. The van der Waals surface area contributed by atoms with Gasteiger partial charge in [0, 0.05) is 26.5 Å². The first-order chi connectivity index (χ1) is 12.5. The Morgan fingerprint density at radius 1 is 0.962 bits per heavy atom. The van der Waals surface area contributed by atoms with Gasteiger partial charge in [-0.1, -0.05) is 61.2 Å². The summed E-state index contributed by atoms with van der Waals surface area (Å²) in [6, 6.07) is 18.1. The number of benzene rings is 2. The molecule has 1 fully saturated rings. The third-order valence-corrected chi connectivity index (χ3v) is 8.68. The molecular formula is C23H23NSSi. The van der Waals surface area contributed by atoms with Crippen molar-refractivity contribution in [2.45, 2.75) is 38.4 Å². The van der Waals surface area contributed by atoms with Gasteiger partial charge in [0.15, 0.2) is 0 Å². The summed E-state index contributed by atoms with van der Waals surface area (Å²) in [5.41, 5.74) is 3.77. The normalized spacial score (nSPS) is 15.0. The minimum absolute atomic E-state index is 0.760. The standard InChI is InChI=1S/C23H23NSSi/c1-26(2,3)21-9-5-8-20-22(21)18-7-4-6-17(23(18)25-20)19-13-12-16(14-24-19)15-10-11-15/h4-9,12-15H,10-11H2,1-3H3. The molecule has 1 nitrogen and oxygen atoms in total. The molecule has 2 aromatic carbocycles. The van der Waals surface area contributed by atoms with Gasteiger partial charge in [0.1, 0.15) is 0 Å². The average molecular weight is 374 g/mol. The van der Waals surface area contributed by atoms with Crippen LogP contribution in [0.15, 0.2) is 54.7 Å². The molecule has 0 bridgehead atoms. The molecule has 130 valence electrons. The van der Waals surface area contributed by atoms with Crippen LogP contribution < -0.4 is 5.19 Å². The molecule has 0 saturated heterocycles. The maximum absolute atomic E-state index is 4.82. The molecule has 3 heteroatoms. The van der Waals surface area contributed by atoms with Crippen LogP contribution in [0.3, 0.4) is 0 Å². The molecule has 0 N–H and O–H groups in total. The molecule has 2 aromatic heterocycles. The monoisotopic (exact) mass is 373 g/mol. The zero-order valence-corrected chi connectivity index (χ0v) is 17.4. The van der Waals surface area contributed by atoms with Crippen LogP contribution in [0.2, 0.25) is 19.6 Å². The highest BCUT2D eigenvalue weighted by Gasteiger charge is 2.24. The number of pyridine rings is 1. The van der Waals surface area contributed by atoms with Crippen LogP contribution in [-0.4, -0.2) is 13.1 Å². The van der Waals surface area contributed by atoms with Crippen molar-refractivity contribution in [1.29, 1.82) is 0 Å². The van der Waals surface area contributed by atoms with Crippen molar-refractivity contribution in [2.75, 3.05) is 0 Å². The topological polar surface area (TPSA) is 12.9 Å². The van der Waals surface area contributed by atoms with E-state index in [1.165, 1.54) is 44.1 Å². The van der Waals surface area contributed by atoms with Crippen LogP contribution in [0.25, 0.3) is 31.4 Å². The summed E-state index contributed by atoms with van der Waals surface area (Å²) in [6.45, 7) is 7.31. The van der Waals surface area contributed by atoms with E-state index in [4.69, 9.17) is 4.98 Å². The van der Waals surface area contributed by atoms with E-state index in [1.54, 1.807) is 5.19 Å². The van der Waals surface area contributed by atoms with Crippen LogP contribution in [0.4, 0.5) is 0 Å². The summed E-state index contributed by atoms with van der Waals surface area (Å²) in [5.74, 6) is 0.760. The second-order valence-corrected chi connectivity index (χ2v) is 14.6. The largest absolute Gasteiger partial charge is 0.256 e. The number of fused-ring (bicyclic) bond motifs is 3. The van der Waals surface area contributed by atoms with Crippen molar-refractivity contribution in [3.8, 4) is 11.3 Å². The Kier molecular flexibility index (Phi) is 3.60. The van der Waals surface area contributed by atoms with Crippen LogP contribution in [0, 0.1) is 0 Å². The van der Waals surface area contributed by atoms with Gasteiger partial charge in [0.25, 0.3) is 0 Å². The third kappa shape index (κ3) is 2.61. The lowest BCUT2D eigenvalue weighted by molar-refractivity contribution is 1.10. The number of rotatable bonds is 3. The molecule has 0 spiro atoms. The fraction of sp³-hybridized carbons (Fsp3) is 0.261. The van der Waals surface area contributed by atoms with Gasteiger partial charge < -0.3 is 0 Å². The van der Waals surface area contributed by atoms with E-state index in [2.05, 4.69) is 74.4 Å². The number of hydrogen-bond acceptors (Lipinski definition) is 2. The van der Waals surface area contributed by atoms with Gasteiger partial charge in [-0.25, -0.2) is 0 Å². The van der Waals surface area contributed by atoms with E-state index in [0.717, 1.165) is 11.6 Å². The smallest absolute Gasteiger partial charge is 0.0784 e. The van der Waals surface area contributed by atoms with Crippen molar-refractivity contribution in [3.63, 3.8) is 0 Å². The number of hydrogen-bond donors (Lipinski definition) is 0. The van der Waals surface area contributed by atoms with Crippen LogP contribution in [0.5, 0.6) is 0 Å². The van der Waals surface area contributed by atoms with E-state index in [9.17, 15) is 0 Å². The van der Waals surface area contributed by atoms with Crippen molar-refractivity contribution in [1.82, 2.24) is 4.98 Å². The first kappa shape index (κ1) is 16.2. The number of aromatic nitrogens is 1. The Morgan fingerprint density at radius 3 is 2.46 bits per heavy atom. The fourth-order valence-electron chi connectivity index (χ4n) is 3.90. The lowest BCUT2D eigenvalue weighted by Crippen LogP contribution is -2.37. The molecule has 0 aliphatic heterocycles. The van der Waals surface area contributed by atoms with E-state index in [-0.39, 0.29) is 0 Å². The summed E-state index contributed by atoms with van der Waals surface area (Å²) in [7, 11) is -1.40. The second-order valence-electron chi connectivity index (χ2n) is 8.46. The highest BCUT2D eigenvalue weighted by molar-refractivity contribution is 7.26. The van der Waals surface area contributed by atoms with E-state index in [0.29, 0.717) is 0 Å². The predicted molar refractivity (Wildman–Crippen MR) is 118 cm³/mol. The fourth-order valence-corrected chi connectivity index (χ4v) is 6.85. The summed E-state index contributed by atoms with van der Waals surface area (Å²) in [5, 5.41) is 4.44. The molecule has 1 aliphatic rings. The van der Waals surface area contributed by atoms with Crippen molar-refractivity contribution in [3.05, 3.63) is 60.3 Å². The van der Waals surface area contributed by atoms with Crippen molar-refractivity contribution < 1.29 is 0 Å². The Morgan fingerprint density at radius 2 is 1.77 bits per heavy atom. The molecule has 4 aromatic rings. The summed E-state index contributed by atoms with van der Waals surface area (Å²) in [6.07, 6.45) is 4.74. The van der Waals surface area contributed by atoms with Crippen LogP contribution in [0.1, 0.15) is 24.3 Å². The molecule has 0 amide bonds. The molecule has 0 radical (unpaired) electrons. The zero-order chi connectivity index (χ0) is 17.9. The predicted octanol–water partition coefficient (Wildman–Crippen LogP) is 6.54. The molecule has 1 saturated carbocycles. The van der Waals surface area contributed by atoms with Crippen LogP contribution >= 0.6 is 11.3 Å². The molecule has 0 unspecified atom stereocenters. The minimum atomic E-state index is -1.40. The molecular weight excluding hydrogens is 350 g/mol. The Balaban J connectivity index is 1.74. The first-order valence-electron chi connectivity index (χ1n) is 9.43. The van der Waals surface area contributed by atoms with Gasteiger partial charge in [0.2, 0.25) is 0 Å². The van der Waals surface area contributed by atoms with Crippen molar-refractivity contribution >= 4 is 44.8 Å². The number of nitrogens with zero attached hydrogens (tertiary/aromatic N) is 1. The average Bonchev–Trinajstić information content (AvgIpc) is 3.40. The lowest BCUT2D eigenvalue weighted by atomic mass is 10.1. The second kappa shape index (κ2) is 5.76. The van der Waals surface area contributed by atoms with E-state index >= 15 is 0 Å². The summed E-state index contributed by atoms with van der Waals surface area (Å²) >= 11 is 1.92. The molecule has 5 rings (SSSR count). The van der Waals surface area contributed by atoms with Gasteiger partial charge in [-0.15, -0.1) is 11.3 Å². The Bertz CT molecular complexity index is 1110.